The van der Waals surface area contributed by atoms with Crippen LogP contribution in [0.3, 0.4) is 0 Å². The molecule has 0 radical (unpaired) electrons. The van der Waals surface area contributed by atoms with Gasteiger partial charge >= 0.3 is 17.9 Å². The highest BCUT2D eigenvalue weighted by molar-refractivity contribution is 5.71. The molecular weight excluding hydrogens is 913 g/mol. The van der Waals surface area contributed by atoms with Crippen molar-refractivity contribution in [1.82, 2.24) is 0 Å². The predicted molar refractivity (Wildman–Crippen MR) is 321 cm³/mol. The van der Waals surface area contributed by atoms with Crippen molar-refractivity contribution in [2.75, 3.05) is 13.2 Å². The molecule has 0 aliphatic rings. The van der Waals surface area contributed by atoms with Crippen LogP contribution in [0, 0.1) is 0 Å². The Hall–Kier alpha value is -2.11. The van der Waals surface area contributed by atoms with Crippen molar-refractivity contribution in [3.05, 3.63) is 24.3 Å². The van der Waals surface area contributed by atoms with Gasteiger partial charge in [0.05, 0.1) is 0 Å². The molecule has 0 aromatic heterocycles. The fraction of sp³-hybridized carbons (Fsp3) is 0.897. The third kappa shape index (κ3) is 60.8. The van der Waals surface area contributed by atoms with Gasteiger partial charge in [0.1, 0.15) is 13.2 Å². The second kappa shape index (κ2) is 63.4. The molecule has 1 unspecified atom stereocenters. The van der Waals surface area contributed by atoms with E-state index in [1.54, 1.807) is 0 Å². The van der Waals surface area contributed by atoms with E-state index in [0.29, 0.717) is 19.3 Å². The first-order valence-electron chi connectivity index (χ1n) is 33.3. The van der Waals surface area contributed by atoms with Crippen LogP contribution in [0.15, 0.2) is 24.3 Å². The van der Waals surface area contributed by atoms with E-state index in [1.165, 1.54) is 270 Å². The van der Waals surface area contributed by atoms with Crippen LogP contribution >= 0.6 is 0 Å². The largest absolute Gasteiger partial charge is 0.462 e. The van der Waals surface area contributed by atoms with Crippen molar-refractivity contribution in [3.63, 3.8) is 0 Å². The fourth-order valence-corrected chi connectivity index (χ4v) is 10.2. The summed E-state index contributed by atoms with van der Waals surface area (Å²) in [5, 5.41) is 0. The van der Waals surface area contributed by atoms with Gasteiger partial charge in [-0.1, -0.05) is 328 Å². The molecule has 436 valence electrons. The molecule has 0 fully saturated rings. The first-order valence-corrected chi connectivity index (χ1v) is 33.3. The summed E-state index contributed by atoms with van der Waals surface area (Å²) in [4.78, 5) is 38.4. The number of rotatable bonds is 62. The van der Waals surface area contributed by atoms with Gasteiger partial charge in [0.15, 0.2) is 6.10 Å². The van der Waals surface area contributed by atoms with Gasteiger partial charge in [-0.3, -0.25) is 14.4 Å². The molecule has 0 spiro atoms. The van der Waals surface area contributed by atoms with Crippen LogP contribution in [-0.2, 0) is 28.6 Å². The third-order valence-corrected chi connectivity index (χ3v) is 15.2. The molecule has 0 bridgehead atoms. The van der Waals surface area contributed by atoms with E-state index in [0.717, 1.165) is 64.2 Å². The zero-order valence-corrected chi connectivity index (χ0v) is 50.1. The molecule has 1 atom stereocenters. The van der Waals surface area contributed by atoms with E-state index >= 15 is 0 Å². The number of ether oxygens (including phenoxy) is 3. The van der Waals surface area contributed by atoms with Crippen molar-refractivity contribution in [2.45, 2.75) is 380 Å². The Morgan fingerprint density at radius 2 is 0.486 bits per heavy atom. The molecule has 0 N–H and O–H groups in total. The Bertz CT molecular complexity index is 1190. The van der Waals surface area contributed by atoms with Gasteiger partial charge < -0.3 is 14.2 Å². The summed E-state index contributed by atoms with van der Waals surface area (Å²) in [5.74, 6) is -0.838. The molecule has 0 amide bonds. The van der Waals surface area contributed by atoms with Crippen molar-refractivity contribution < 1.29 is 28.6 Å². The summed E-state index contributed by atoms with van der Waals surface area (Å²) >= 11 is 0. The summed E-state index contributed by atoms with van der Waals surface area (Å²) in [7, 11) is 0. The van der Waals surface area contributed by atoms with E-state index in [4.69, 9.17) is 14.2 Å². The number of carbonyl (C=O) groups is 3. The van der Waals surface area contributed by atoms with Gasteiger partial charge in [-0.05, 0) is 51.4 Å². The first kappa shape index (κ1) is 71.9. The van der Waals surface area contributed by atoms with Gasteiger partial charge in [-0.15, -0.1) is 0 Å². The Balaban J connectivity index is 4.31. The molecule has 0 aromatic carbocycles. The molecule has 6 nitrogen and oxygen atoms in total. The molecule has 74 heavy (non-hydrogen) atoms. The lowest BCUT2D eigenvalue weighted by molar-refractivity contribution is -0.167. The van der Waals surface area contributed by atoms with Gasteiger partial charge in [-0.25, -0.2) is 0 Å². The maximum absolute atomic E-state index is 12.9. The number of esters is 3. The molecule has 0 aromatic rings. The number of unbranched alkanes of at least 4 members (excludes halogenated alkanes) is 47. The standard InChI is InChI=1S/C68H128O6/c1-4-7-10-13-16-19-22-25-28-31-34-37-40-43-46-49-52-55-58-61-67(70)73-64-65(63-72-66(69)60-57-54-51-48-45-42-39-36-33-30-27-24-21-18-15-12-9-6-3)74-68(71)62-59-56-53-50-47-44-41-38-35-32-29-26-23-20-17-14-11-8-5-2/h16,19,25,28,65H,4-15,17-18,20-24,26-27,29-64H2,1-3H3/b19-16-,28-25-. The lowest BCUT2D eigenvalue weighted by Crippen LogP contribution is -2.30. The van der Waals surface area contributed by atoms with Crippen LogP contribution < -0.4 is 0 Å². The summed E-state index contributed by atoms with van der Waals surface area (Å²) in [5.41, 5.74) is 0. The smallest absolute Gasteiger partial charge is 0.306 e. The SMILES string of the molecule is CCCCC/C=C\C/C=C\CCCCCCCCCCCC(=O)OCC(COC(=O)CCCCCCCCCCCCCCCCCCCC)OC(=O)CCCCCCCCCCCCCCCCCCCCC. The summed E-state index contributed by atoms with van der Waals surface area (Å²) < 4.78 is 17.0. The number of hydrogen-bond donors (Lipinski definition) is 0. The minimum absolute atomic E-state index is 0.0658. The quantitative estimate of drug-likeness (QED) is 0.0261. The van der Waals surface area contributed by atoms with Crippen molar-refractivity contribution >= 4 is 17.9 Å². The molecule has 0 saturated heterocycles. The monoisotopic (exact) mass is 1040 g/mol. The van der Waals surface area contributed by atoms with Crippen LogP contribution in [0.5, 0.6) is 0 Å². The summed E-state index contributed by atoms with van der Waals surface area (Å²) in [6, 6.07) is 0. The molecular formula is C68H128O6. The molecule has 0 aliphatic carbocycles. The van der Waals surface area contributed by atoms with Gasteiger partial charge in [0.2, 0.25) is 0 Å². The van der Waals surface area contributed by atoms with E-state index < -0.39 is 6.10 Å². The van der Waals surface area contributed by atoms with E-state index in [-0.39, 0.29) is 31.1 Å². The second-order valence-electron chi connectivity index (χ2n) is 22.7. The van der Waals surface area contributed by atoms with Gasteiger partial charge in [0, 0.05) is 19.3 Å². The van der Waals surface area contributed by atoms with Crippen molar-refractivity contribution in [3.8, 4) is 0 Å². The normalized spacial score (nSPS) is 12.1. The maximum atomic E-state index is 12.9. The zero-order chi connectivity index (χ0) is 53.6. The topological polar surface area (TPSA) is 78.9 Å². The Morgan fingerprint density at radius 1 is 0.270 bits per heavy atom. The Morgan fingerprint density at radius 3 is 0.770 bits per heavy atom. The van der Waals surface area contributed by atoms with E-state index in [1.807, 2.05) is 0 Å². The molecule has 0 aliphatic heterocycles. The predicted octanol–water partition coefficient (Wildman–Crippen LogP) is 22.6. The average molecular weight is 1040 g/mol. The lowest BCUT2D eigenvalue weighted by Gasteiger charge is -2.18. The lowest BCUT2D eigenvalue weighted by atomic mass is 10.0. The highest BCUT2D eigenvalue weighted by Crippen LogP contribution is 2.18. The van der Waals surface area contributed by atoms with Gasteiger partial charge in [0.25, 0.3) is 0 Å². The molecule has 0 saturated carbocycles. The third-order valence-electron chi connectivity index (χ3n) is 15.2. The maximum Gasteiger partial charge on any atom is 0.306 e. The first-order chi connectivity index (χ1) is 36.5. The zero-order valence-electron chi connectivity index (χ0n) is 50.1. The summed E-state index contributed by atoms with van der Waals surface area (Å²) in [6.45, 7) is 6.69. The average Bonchev–Trinajstić information content (AvgIpc) is 3.40. The Kier molecular flexibility index (Phi) is 61.6. The minimum Gasteiger partial charge on any atom is -0.462 e. The molecule has 6 heteroatoms. The molecule has 0 rings (SSSR count). The second-order valence-corrected chi connectivity index (χ2v) is 22.7. The highest BCUT2D eigenvalue weighted by atomic mass is 16.6. The minimum atomic E-state index is -0.769. The highest BCUT2D eigenvalue weighted by Gasteiger charge is 2.19. The van der Waals surface area contributed by atoms with Crippen molar-refractivity contribution in [1.29, 1.82) is 0 Å². The number of carbonyl (C=O) groups excluding carboxylic acids is 3. The molecule has 0 heterocycles. The van der Waals surface area contributed by atoms with Crippen LogP contribution in [0.4, 0.5) is 0 Å². The summed E-state index contributed by atoms with van der Waals surface area (Å²) in [6.07, 6.45) is 76.1. The van der Waals surface area contributed by atoms with Crippen LogP contribution in [-0.4, -0.2) is 37.2 Å². The number of allylic oxidation sites excluding steroid dienone is 4. The van der Waals surface area contributed by atoms with Crippen LogP contribution in [0.2, 0.25) is 0 Å². The van der Waals surface area contributed by atoms with E-state index in [2.05, 4.69) is 45.1 Å². The van der Waals surface area contributed by atoms with E-state index in [9.17, 15) is 14.4 Å². The van der Waals surface area contributed by atoms with Crippen molar-refractivity contribution in [2.24, 2.45) is 0 Å². The fourth-order valence-electron chi connectivity index (χ4n) is 10.2. The van der Waals surface area contributed by atoms with Crippen LogP contribution in [0.1, 0.15) is 374 Å². The Labute approximate surface area is 462 Å². The number of hydrogen-bond acceptors (Lipinski definition) is 6. The van der Waals surface area contributed by atoms with Gasteiger partial charge in [-0.2, -0.15) is 0 Å². The van der Waals surface area contributed by atoms with Crippen LogP contribution in [0.25, 0.3) is 0 Å².